The summed E-state index contributed by atoms with van der Waals surface area (Å²) in [5, 5.41) is 5.34. The second-order valence-corrected chi connectivity index (χ2v) is 4.69. The molecule has 2 N–H and O–H groups in total. The predicted molar refractivity (Wildman–Crippen MR) is 66.6 cm³/mol. The zero-order valence-corrected chi connectivity index (χ0v) is 11.1. The molecular formula is C13H15F5N2O. The number of ether oxygens (including phenoxy) is 1. The normalized spacial score (nSPS) is 16.2. The molecule has 0 bridgehead atoms. The minimum atomic E-state index is -2.17. The lowest BCUT2D eigenvalue weighted by atomic mass is 10.1. The molecule has 0 amide bonds. The van der Waals surface area contributed by atoms with Crippen LogP contribution in [-0.4, -0.2) is 32.3 Å². The van der Waals surface area contributed by atoms with Gasteiger partial charge in [0.2, 0.25) is 5.82 Å². The van der Waals surface area contributed by atoms with Crippen LogP contribution >= 0.6 is 0 Å². The summed E-state index contributed by atoms with van der Waals surface area (Å²) in [5.74, 6) is -9.82. The van der Waals surface area contributed by atoms with E-state index in [0.29, 0.717) is 0 Å². The second-order valence-electron chi connectivity index (χ2n) is 4.69. The molecular weight excluding hydrogens is 295 g/mol. The standard InChI is InChI=1S/C13H15F5N2O/c14-8-9(15)11(17)13(12(18)10(8)16)20-5-6-21-7-1-3-19-4-2-7/h7,19-20H,1-6H2. The Kier molecular flexibility index (Phi) is 5.35. The van der Waals surface area contributed by atoms with E-state index < -0.39 is 34.8 Å². The fraction of sp³-hybridized carbons (Fsp3) is 0.538. The molecule has 0 radical (unpaired) electrons. The molecule has 1 saturated heterocycles. The Morgan fingerprint density at radius 1 is 0.905 bits per heavy atom. The summed E-state index contributed by atoms with van der Waals surface area (Å²) in [4.78, 5) is 0. The number of nitrogens with one attached hydrogen (secondary N) is 2. The Bertz CT molecular complexity index is 477. The Morgan fingerprint density at radius 2 is 1.43 bits per heavy atom. The van der Waals surface area contributed by atoms with Gasteiger partial charge in [0.25, 0.3) is 0 Å². The zero-order chi connectivity index (χ0) is 15.4. The van der Waals surface area contributed by atoms with Gasteiger partial charge in [0.15, 0.2) is 23.3 Å². The van der Waals surface area contributed by atoms with Crippen LogP contribution in [0.2, 0.25) is 0 Å². The molecule has 0 unspecified atom stereocenters. The Hall–Kier alpha value is -1.41. The molecule has 1 fully saturated rings. The van der Waals surface area contributed by atoms with Gasteiger partial charge in [0.1, 0.15) is 5.69 Å². The van der Waals surface area contributed by atoms with Gasteiger partial charge in [0, 0.05) is 6.54 Å². The number of hydrogen-bond donors (Lipinski definition) is 2. The lowest BCUT2D eigenvalue weighted by Gasteiger charge is -2.23. The molecule has 0 aliphatic carbocycles. The molecule has 1 aliphatic rings. The number of halogens is 5. The summed E-state index contributed by atoms with van der Waals surface area (Å²) >= 11 is 0. The molecule has 118 valence electrons. The van der Waals surface area contributed by atoms with E-state index >= 15 is 0 Å². The van der Waals surface area contributed by atoms with E-state index in [0.717, 1.165) is 25.9 Å². The highest BCUT2D eigenvalue weighted by Gasteiger charge is 2.25. The number of piperidine rings is 1. The molecule has 0 spiro atoms. The number of hydrogen-bond acceptors (Lipinski definition) is 3. The van der Waals surface area contributed by atoms with Gasteiger partial charge in [-0.1, -0.05) is 0 Å². The van der Waals surface area contributed by atoms with E-state index in [9.17, 15) is 22.0 Å². The van der Waals surface area contributed by atoms with Crippen molar-refractivity contribution in [2.75, 3.05) is 31.6 Å². The van der Waals surface area contributed by atoms with E-state index in [2.05, 4.69) is 10.6 Å². The van der Waals surface area contributed by atoms with Crippen LogP contribution in [0.5, 0.6) is 0 Å². The number of benzene rings is 1. The predicted octanol–water partition coefficient (Wildman–Crippen LogP) is 2.56. The number of anilines is 1. The van der Waals surface area contributed by atoms with Crippen molar-refractivity contribution in [3.05, 3.63) is 29.1 Å². The molecule has 0 saturated carbocycles. The first-order valence-electron chi connectivity index (χ1n) is 6.60. The summed E-state index contributed by atoms with van der Waals surface area (Å²) in [5.41, 5.74) is -1.03. The van der Waals surface area contributed by atoms with Gasteiger partial charge in [-0.05, 0) is 25.9 Å². The Labute approximate surface area is 118 Å². The zero-order valence-electron chi connectivity index (χ0n) is 11.1. The van der Waals surface area contributed by atoms with Crippen molar-refractivity contribution in [2.24, 2.45) is 0 Å². The third-order valence-corrected chi connectivity index (χ3v) is 3.25. The van der Waals surface area contributed by atoms with Gasteiger partial charge in [-0.15, -0.1) is 0 Å². The van der Waals surface area contributed by atoms with E-state index in [-0.39, 0.29) is 19.3 Å². The van der Waals surface area contributed by atoms with Gasteiger partial charge in [0.05, 0.1) is 12.7 Å². The lowest BCUT2D eigenvalue weighted by molar-refractivity contribution is 0.0394. The van der Waals surface area contributed by atoms with Crippen molar-refractivity contribution in [3.63, 3.8) is 0 Å². The molecule has 0 atom stereocenters. The van der Waals surface area contributed by atoms with Crippen molar-refractivity contribution in [2.45, 2.75) is 18.9 Å². The molecule has 1 aromatic rings. The van der Waals surface area contributed by atoms with Gasteiger partial charge >= 0.3 is 0 Å². The van der Waals surface area contributed by atoms with Crippen molar-refractivity contribution >= 4 is 5.69 Å². The van der Waals surface area contributed by atoms with Crippen LogP contribution in [-0.2, 0) is 4.74 Å². The van der Waals surface area contributed by atoms with Gasteiger partial charge < -0.3 is 15.4 Å². The Balaban J connectivity index is 1.91. The second kappa shape index (κ2) is 7.04. The van der Waals surface area contributed by atoms with Crippen LogP contribution in [0.25, 0.3) is 0 Å². The first kappa shape index (κ1) is 16.0. The summed E-state index contributed by atoms with van der Waals surface area (Å²) in [6.07, 6.45) is 1.69. The van der Waals surface area contributed by atoms with Crippen molar-refractivity contribution < 1.29 is 26.7 Å². The summed E-state index contributed by atoms with van der Waals surface area (Å²) in [6.45, 7) is 1.72. The quantitative estimate of drug-likeness (QED) is 0.379. The summed E-state index contributed by atoms with van der Waals surface area (Å²) in [7, 11) is 0. The smallest absolute Gasteiger partial charge is 0.200 e. The van der Waals surface area contributed by atoms with Crippen molar-refractivity contribution in [1.82, 2.24) is 5.32 Å². The topological polar surface area (TPSA) is 33.3 Å². The maximum Gasteiger partial charge on any atom is 0.200 e. The highest BCUT2D eigenvalue weighted by atomic mass is 19.2. The third kappa shape index (κ3) is 3.62. The van der Waals surface area contributed by atoms with E-state index in [1.54, 1.807) is 0 Å². The van der Waals surface area contributed by atoms with Crippen molar-refractivity contribution in [3.8, 4) is 0 Å². The molecule has 0 aromatic heterocycles. The van der Waals surface area contributed by atoms with Gasteiger partial charge in [-0.3, -0.25) is 0 Å². The van der Waals surface area contributed by atoms with Crippen LogP contribution < -0.4 is 10.6 Å². The average Bonchev–Trinajstić information content (AvgIpc) is 2.51. The number of rotatable bonds is 5. The molecule has 1 heterocycles. The SMILES string of the molecule is Fc1c(F)c(F)c(NCCOC2CCNCC2)c(F)c1F. The first-order chi connectivity index (χ1) is 10.0. The molecule has 21 heavy (non-hydrogen) atoms. The largest absolute Gasteiger partial charge is 0.378 e. The highest BCUT2D eigenvalue weighted by molar-refractivity contribution is 5.47. The van der Waals surface area contributed by atoms with Crippen LogP contribution in [0.15, 0.2) is 0 Å². The highest BCUT2D eigenvalue weighted by Crippen LogP contribution is 2.26. The van der Waals surface area contributed by atoms with Crippen LogP contribution in [0.1, 0.15) is 12.8 Å². The maximum absolute atomic E-state index is 13.4. The molecule has 3 nitrogen and oxygen atoms in total. The molecule has 8 heteroatoms. The monoisotopic (exact) mass is 310 g/mol. The van der Waals surface area contributed by atoms with Crippen LogP contribution in [0.3, 0.4) is 0 Å². The summed E-state index contributed by atoms with van der Waals surface area (Å²) in [6, 6.07) is 0. The fourth-order valence-electron chi connectivity index (χ4n) is 2.12. The average molecular weight is 310 g/mol. The van der Waals surface area contributed by atoms with E-state index in [1.807, 2.05) is 0 Å². The first-order valence-corrected chi connectivity index (χ1v) is 6.60. The van der Waals surface area contributed by atoms with Crippen LogP contribution in [0.4, 0.5) is 27.6 Å². The van der Waals surface area contributed by atoms with Crippen molar-refractivity contribution in [1.29, 1.82) is 0 Å². The maximum atomic E-state index is 13.4. The third-order valence-electron chi connectivity index (χ3n) is 3.25. The minimum absolute atomic E-state index is 0.0458. The molecule has 1 aliphatic heterocycles. The summed E-state index contributed by atoms with van der Waals surface area (Å²) < 4.78 is 70.9. The Morgan fingerprint density at radius 3 is 2.00 bits per heavy atom. The van der Waals surface area contributed by atoms with Crippen LogP contribution in [0, 0.1) is 29.1 Å². The minimum Gasteiger partial charge on any atom is -0.378 e. The molecule has 2 rings (SSSR count). The molecule has 1 aromatic carbocycles. The van der Waals surface area contributed by atoms with Gasteiger partial charge in [-0.2, -0.15) is 0 Å². The van der Waals surface area contributed by atoms with E-state index in [1.165, 1.54) is 0 Å². The van der Waals surface area contributed by atoms with E-state index in [4.69, 9.17) is 4.74 Å². The van der Waals surface area contributed by atoms with Gasteiger partial charge in [-0.25, -0.2) is 22.0 Å². The fourth-order valence-corrected chi connectivity index (χ4v) is 2.12. The lowest BCUT2D eigenvalue weighted by Crippen LogP contribution is -2.33.